The first-order valence-electron chi connectivity index (χ1n) is 4.50. The molecule has 0 bridgehead atoms. The Kier molecular flexibility index (Phi) is 2.51. The minimum absolute atomic E-state index is 0.0152. The molecule has 0 saturated heterocycles. The molecule has 2 rings (SSSR count). The molecule has 0 aliphatic rings. The molecule has 1 heterocycles. The zero-order chi connectivity index (χ0) is 12.6. The first kappa shape index (κ1) is 11.1. The van der Waals surface area contributed by atoms with Gasteiger partial charge < -0.3 is 5.11 Å². The molecule has 2 N–H and O–H groups in total. The van der Waals surface area contributed by atoms with Crippen molar-refractivity contribution >= 4 is 5.97 Å². The highest BCUT2D eigenvalue weighted by atomic mass is 19.2. The molecule has 0 atom stereocenters. The minimum Gasteiger partial charge on any atom is -0.477 e. The quantitative estimate of drug-likeness (QED) is 0.826. The Morgan fingerprint density at radius 3 is 2.47 bits per heavy atom. The second-order valence-corrected chi connectivity index (χ2v) is 3.25. The fourth-order valence-electron chi connectivity index (χ4n) is 1.32. The Bertz CT molecular complexity index is 645. The summed E-state index contributed by atoms with van der Waals surface area (Å²) < 4.78 is 26.4. The van der Waals surface area contributed by atoms with E-state index in [1.165, 1.54) is 0 Å². The molecule has 17 heavy (non-hydrogen) atoms. The van der Waals surface area contributed by atoms with Crippen molar-refractivity contribution in [1.29, 1.82) is 0 Å². The van der Waals surface area contributed by atoms with Crippen molar-refractivity contribution in [1.82, 2.24) is 9.78 Å². The maximum absolute atomic E-state index is 12.9. The third kappa shape index (κ3) is 1.94. The molecular weight excluding hydrogens is 234 g/mol. The maximum atomic E-state index is 12.9. The molecule has 1 aromatic heterocycles. The van der Waals surface area contributed by atoms with Crippen LogP contribution in [0, 0.1) is 11.6 Å². The van der Waals surface area contributed by atoms with Gasteiger partial charge in [-0.15, -0.1) is 0 Å². The van der Waals surface area contributed by atoms with Crippen molar-refractivity contribution in [3.05, 3.63) is 51.9 Å². The third-order valence-corrected chi connectivity index (χ3v) is 2.11. The van der Waals surface area contributed by atoms with Crippen molar-refractivity contribution in [3.8, 4) is 5.69 Å². The van der Waals surface area contributed by atoms with Gasteiger partial charge in [-0.25, -0.2) is 18.3 Å². The SMILES string of the molecule is O=C(O)c1cc(=O)n(-c2ccc(F)c(F)c2)[nH]1. The van der Waals surface area contributed by atoms with E-state index in [0.29, 0.717) is 0 Å². The van der Waals surface area contributed by atoms with E-state index >= 15 is 0 Å². The summed E-state index contributed by atoms with van der Waals surface area (Å²) in [6.45, 7) is 0. The first-order valence-corrected chi connectivity index (χ1v) is 4.50. The molecule has 0 radical (unpaired) electrons. The smallest absolute Gasteiger partial charge is 0.353 e. The highest BCUT2D eigenvalue weighted by Crippen LogP contribution is 2.11. The summed E-state index contributed by atoms with van der Waals surface area (Å²) in [5, 5.41) is 10.9. The number of benzene rings is 1. The molecule has 2 aromatic rings. The third-order valence-electron chi connectivity index (χ3n) is 2.11. The van der Waals surface area contributed by atoms with Gasteiger partial charge in [0, 0.05) is 12.1 Å². The fraction of sp³-hybridized carbons (Fsp3) is 0. The lowest BCUT2D eigenvalue weighted by Crippen LogP contribution is -2.13. The van der Waals surface area contributed by atoms with E-state index in [0.717, 1.165) is 28.9 Å². The van der Waals surface area contributed by atoms with Crippen molar-refractivity contribution in [2.24, 2.45) is 0 Å². The molecule has 0 saturated carbocycles. The Hall–Kier alpha value is -2.44. The summed E-state index contributed by atoms with van der Waals surface area (Å²) in [6, 6.07) is 3.64. The monoisotopic (exact) mass is 240 g/mol. The van der Waals surface area contributed by atoms with Crippen LogP contribution >= 0.6 is 0 Å². The van der Waals surface area contributed by atoms with Crippen LogP contribution in [0.1, 0.15) is 10.5 Å². The Labute approximate surface area is 92.9 Å². The fourth-order valence-corrected chi connectivity index (χ4v) is 1.32. The van der Waals surface area contributed by atoms with Crippen molar-refractivity contribution in [3.63, 3.8) is 0 Å². The van der Waals surface area contributed by atoms with Crippen molar-refractivity contribution < 1.29 is 18.7 Å². The van der Waals surface area contributed by atoms with Crippen LogP contribution in [0.5, 0.6) is 0 Å². The standard InChI is InChI=1S/C10H6F2N2O3/c11-6-2-1-5(3-7(6)12)14-9(15)4-8(13-14)10(16)17/h1-4,13H,(H,16,17). The number of rotatable bonds is 2. The number of aromatic nitrogens is 2. The normalized spacial score (nSPS) is 10.5. The molecule has 1 aromatic carbocycles. The molecule has 5 nitrogen and oxygen atoms in total. The van der Waals surface area contributed by atoms with Gasteiger partial charge in [0.2, 0.25) is 0 Å². The Morgan fingerprint density at radius 1 is 1.24 bits per heavy atom. The summed E-state index contributed by atoms with van der Waals surface area (Å²) in [7, 11) is 0. The van der Waals surface area contributed by atoms with Crippen molar-refractivity contribution in [2.45, 2.75) is 0 Å². The molecule has 7 heteroatoms. The van der Waals surface area contributed by atoms with Gasteiger partial charge in [0.15, 0.2) is 11.6 Å². The number of carboxylic acid groups (broad SMARTS) is 1. The molecule has 0 fully saturated rings. The van der Waals surface area contributed by atoms with Crippen LogP contribution in [0.15, 0.2) is 29.1 Å². The molecule has 0 aliphatic carbocycles. The molecule has 88 valence electrons. The van der Waals surface area contributed by atoms with Crippen LogP contribution in [-0.2, 0) is 0 Å². The predicted octanol–water partition coefficient (Wildman–Crippen LogP) is 1.14. The van der Waals surface area contributed by atoms with Gasteiger partial charge in [-0.2, -0.15) is 0 Å². The molecule has 0 unspecified atom stereocenters. The van der Waals surface area contributed by atoms with Crippen LogP contribution in [0.25, 0.3) is 5.69 Å². The topological polar surface area (TPSA) is 75.1 Å². The maximum Gasteiger partial charge on any atom is 0.353 e. The molecule has 0 spiro atoms. The van der Waals surface area contributed by atoms with Gasteiger partial charge in [0.05, 0.1) is 5.69 Å². The molecule has 0 amide bonds. The number of carbonyl (C=O) groups is 1. The number of carboxylic acids is 1. The first-order chi connectivity index (χ1) is 7.99. The largest absolute Gasteiger partial charge is 0.477 e. The number of aromatic carboxylic acids is 1. The number of aromatic amines is 1. The molecular formula is C10H6F2N2O3. The lowest BCUT2D eigenvalue weighted by molar-refractivity contribution is 0.0690. The second-order valence-electron chi connectivity index (χ2n) is 3.25. The van der Waals surface area contributed by atoms with E-state index in [1.807, 2.05) is 0 Å². The number of hydrogen-bond donors (Lipinski definition) is 2. The minimum atomic E-state index is -1.32. The highest BCUT2D eigenvalue weighted by Gasteiger charge is 2.11. The lowest BCUT2D eigenvalue weighted by Gasteiger charge is -2.01. The number of H-pyrrole nitrogens is 1. The zero-order valence-electron chi connectivity index (χ0n) is 8.28. The highest BCUT2D eigenvalue weighted by molar-refractivity contribution is 5.85. The van der Waals surface area contributed by atoms with E-state index in [1.54, 1.807) is 0 Å². The summed E-state index contributed by atoms with van der Waals surface area (Å²) in [5.74, 6) is -3.49. The van der Waals surface area contributed by atoms with Crippen LogP contribution in [0.2, 0.25) is 0 Å². The summed E-state index contributed by atoms with van der Waals surface area (Å²) in [6.07, 6.45) is 0. The number of hydrogen-bond acceptors (Lipinski definition) is 2. The van der Waals surface area contributed by atoms with Gasteiger partial charge in [-0.05, 0) is 12.1 Å². The average Bonchev–Trinajstić information content (AvgIpc) is 2.65. The van der Waals surface area contributed by atoms with Crippen LogP contribution in [0.4, 0.5) is 8.78 Å². The van der Waals surface area contributed by atoms with E-state index in [9.17, 15) is 18.4 Å². The van der Waals surface area contributed by atoms with Crippen molar-refractivity contribution in [2.75, 3.05) is 0 Å². The van der Waals surface area contributed by atoms with Gasteiger partial charge >= 0.3 is 5.97 Å². The lowest BCUT2D eigenvalue weighted by atomic mass is 10.3. The molecule has 0 aliphatic heterocycles. The summed E-state index contributed by atoms with van der Waals surface area (Å²) >= 11 is 0. The summed E-state index contributed by atoms with van der Waals surface area (Å²) in [4.78, 5) is 22.0. The number of halogens is 2. The van der Waals surface area contributed by atoms with Crippen LogP contribution in [-0.4, -0.2) is 20.9 Å². The van der Waals surface area contributed by atoms with Crippen LogP contribution < -0.4 is 5.56 Å². The van der Waals surface area contributed by atoms with Gasteiger partial charge in [0.1, 0.15) is 5.69 Å². The average molecular weight is 240 g/mol. The Balaban J connectivity index is 2.56. The van der Waals surface area contributed by atoms with E-state index < -0.39 is 23.2 Å². The number of nitrogens with zero attached hydrogens (tertiary/aromatic N) is 1. The van der Waals surface area contributed by atoms with Crippen LogP contribution in [0.3, 0.4) is 0 Å². The van der Waals surface area contributed by atoms with Gasteiger partial charge in [0.25, 0.3) is 5.56 Å². The summed E-state index contributed by atoms with van der Waals surface area (Å²) in [5.41, 5.74) is -0.991. The van der Waals surface area contributed by atoms with E-state index in [2.05, 4.69) is 5.10 Å². The van der Waals surface area contributed by atoms with Gasteiger partial charge in [-0.3, -0.25) is 9.89 Å². The second kappa shape index (κ2) is 3.85. The zero-order valence-corrected chi connectivity index (χ0v) is 8.28. The number of nitrogens with one attached hydrogen (secondary N) is 1. The van der Waals surface area contributed by atoms with Gasteiger partial charge in [-0.1, -0.05) is 0 Å². The van der Waals surface area contributed by atoms with E-state index in [-0.39, 0.29) is 11.4 Å². The van der Waals surface area contributed by atoms with E-state index in [4.69, 9.17) is 5.11 Å². The Morgan fingerprint density at radius 2 is 1.94 bits per heavy atom. The predicted molar refractivity (Wildman–Crippen MR) is 53.3 cm³/mol.